The summed E-state index contributed by atoms with van der Waals surface area (Å²) in [7, 11) is 6.65. The molecule has 31 heavy (non-hydrogen) atoms. The predicted molar refractivity (Wildman–Crippen MR) is 121 cm³/mol. The predicted octanol–water partition coefficient (Wildman–Crippen LogP) is 2.10. The molecule has 0 spiro atoms. The van der Waals surface area contributed by atoms with Gasteiger partial charge in [-0.15, -0.1) is 0 Å². The molecule has 0 unspecified atom stereocenters. The van der Waals surface area contributed by atoms with Crippen LogP contribution in [0.5, 0.6) is 17.2 Å². The summed E-state index contributed by atoms with van der Waals surface area (Å²) >= 11 is 0. The second kappa shape index (κ2) is 9.57. The van der Waals surface area contributed by atoms with Crippen LogP contribution >= 0.6 is 0 Å². The van der Waals surface area contributed by atoms with E-state index in [1.165, 1.54) is 14.2 Å². The zero-order valence-corrected chi connectivity index (χ0v) is 18.2. The van der Waals surface area contributed by atoms with Crippen molar-refractivity contribution in [3.05, 3.63) is 46.2 Å². The summed E-state index contributed by atoms with van der Waals surface area (Å²) in [6.45, 7) is 1.42. The van der Waals surface area contributed by atoms with Crippen molar-refractivity contribution < 1.29 is 19.7 Å². The highest BCUT2D eigenvalue weighted by Gasteiger charge is 2.19. The number of aromatic hydroxyl groups is 1. The van der Waals surface area contributed by atoms with E-state index in [0.717, 1.165) is 17.8 Å². The minimum absolute atomic E-state index is 0.0438. The van der Waals surface area contributed by atoms with Gasteiger partial charge in [-0.25, -0.2) is 4.98 Å². The first kappa shape index (κ1) is 22.2. The number of phenolic OH excluding ortho intramolecular Hbond substituents is 1. The Labute approximate surface area is 180 Å². The topological polar surface area (TPSA) is 111 Å². The van der Waals surface area contributed by atoms with E-state index >= 15 is 0 Å². The first-order chi connectivity index (χ1) is 14.9. The average molecular weight is 428 g/mol. The van der Waals surface area contributed by atoms with Crippen molar-refractivity contribution in [1.82, 2.24) is 9.97 Å². The monoisotopic (exact) mass is 428 g/mol. The lowest BCUT2D eigenvalue weighted by molar-refractivity contribution is 0.290. The Morgan fingerprint density at radius 3 is 2.58 bits per heavy atom. The number of fused-ring (bicyclic) bond motifs is 1. The molecule has 2 aromatic carbocycles. The third-order valence-corrected chi connectivity index (χ3v) is 5.09. The van der Waals surface area contributed by atoms with E-state index in [1.54, 1.807) is 6.07 Å². The largest absolute Gasteiger partial charge is 0.504 e. The first-order valence-corrected chi connectivity index (χ1v) is 9.89. The third kappa shape index (κ3) is 4.66. The Morgan fingerprint density at radius 1 is 1.13 bits per heavy atom. The smallest absolute Gasteiger partial charge is 0.264 e. The first-order valence-electron chi connectivity index (χ1n) is 9.89. The van der Waals surface area contributed by atoms with Crippen LogP contribution in [0.25, 0.3) is 10.9 Å². The summed E-state index contributed by atoms with van der Waals surface area (Å²) in [5.74, 6) is 0.435. The second-order valence-electron chi connectivity index (χ2n) is 7.27. The Bertz CT molecular complexity index is 1110. The molecule has 0 aliphatic heterocycles. The fourth-order valence-electron chi connectivity index (χ4n) is 3.44. The standard InChI is InChI=1S/C22H28N4O5/c1-25(9-6-10-27)15-8-5-7-14(11-15)13-26(2)22-23-16-12-17(30-3)20(31-4)19(28)18(16)21(29)24-22/h5,7-8,11-12,27-28H,6,9-10,13H2,1-4H3,(H,23,24,29). The van der Waals surface area contributed by atoms with Gasteiger partial charge < -0.3 is 29.5 Å². The second-order valence-corrected chi connectivity index (χ2v) is 7.27. The number of hydrogen-bond acceptors (Lipinski definition) is 8. The normalized spacial score (nSPS) is 10.9. The number of ether oxygens (including phenoxy) is 2. The zero-order valence-electron chi connectivity index (χ0n) is 18.2. The minimum atomic E-state index is -0.470. The number of benzene rings is 2. The van der Waals surface area contributed by atoms with Crippen molar-refractivity contribution in [2.45, 2.75) is 13.0 Å². The highest BCUT2D eigenvalue weighted by atomic mass is 16.5. The van der Waals surface area contributed by atoms with Crippen LogP contribution in [0.1, 0.15) is 12.0 Å². The van der Waals surface area contributed by atoms with E-state index in [1.807, 2.05) is 37.2 Å². The van der Waals surface area contributed by atoms with Gasteiger partial charge in [0.1, 0.15) is 5.39 Å². The number of methoxy groups -OCH3 is 2. The Kier molecular flexibility index (Phi) is 6.86. The van der Waals surface area contributed by atoms with Crippen molar-refractivity contribution in [1.29, 1.82) is 0 Å². The van der Waals surface area contributed by atoms with Crippen LogP contribution in [-0.4, -0.2) is 61.6 Å². The number of H-pyrrole nitrogens is 1. The molecule has 0 radical (unpaired) electrons. The molecule has 3 N–H and O–H groups in total. The van der Waals surface area contributed by atoms with E-state index in [-0.39, 0.29) is 29.2 Å². The van der Waals surface area contributed by atoms with Crippen molar-refractivity contribution in [3.8, 4) is 17.2 Å². The summed E-state index contributed by atoms with van der Waals surface area (Å²) in [5.41, 5.74) is 1.91. The fourth-order valence-corrected chi connectivity index (χ4v) is 3.44. The fraction of sp³-hybridized carbons (Fsp3) is 0.364. The van der Waals surface area contributed by atoms with Crippen LogP contribution in [0, 0.1) is 0 Å². The van der Waals surface area contributed by atoms with Gasteiger partial charge in [0.15, 0.2) is 11.5 Å². The molecule has 1 heterocycles. The Balaban J connectivity index is 1.91. The van der Waals surface area contributed by atoms with Crippen LogP contribution < -0.4 is 24.8 Å². The van der Waals surface area contributed by atoms with Crippen molar-refractivity contribution in [3.63, 3.8) is 0 Å². The van der Waals surface area contributed by atoms with Crippen LogP contribution in [0.15, 0.2) is 35.1 Å². The van der Waals surface area contributed by atoms with Crippen LogP contribution in [-0.2, 0) is 6.54 Å². The van der Waals surface area contributed by atoms with Gasteiger partial charge in [-0.2, -0.15) is 0 Å². The minimum Gasteiger partial charge on any atom is -0.504 e. The van der Waals surface area contributed by atoms with Gasteiger partial charge in [0.2, 0.25) is 11.7 Å². The number of aliphatic hydroxyl groups is 1. The summed E-state index contributed by atoms with van der Waals surface area (Å²) in [6, 6.07) is 9.61. The molecule has 3 aromatic rings. The van der Waals surface area contributed by atoms with E-state index in [4.69, 9.17) is 14.6 Å². The van der Waals surface area contributed by atoms with Gasteiger partial charge in [-0.1, -0.05) is 12.1 Å². The maximum atomic E-state index is 12.7. The molecule has 1 aromatic heterocycles. The summed E-state index contributed by atoms with van der Waals surface area (Å²) < 4.78 is 10.4. The van der Waals surface area contributed by atoms with Crippen LogP contribution in [0.3, 0.4) is 0 Å². The number of rotatable bonds is 9. The summed E-state index contributed by atoms with van der Waals surface area (Å²) in [5, 5.41) is 19.5. The quantitative estimate of drug-likeness (QED) is 0.475. The number of nitrogens with zero attached hydrogens (tertiary/aromatic N) is 3. The summed E-state index contributed by atoms with van der Waals surface area (Å²) in [4.78, 5) is 23.8. The van der Waals surface area contributed by atoms with Crippen LogP contribution in [0.2, 0.25) is 0 Å². The highest BCUT2D eigenvalue weighted by Crippen LogP contribution is 2.40. The maximum Gasteiger partial charge on any atom is 0.264 e. The molecule has 0 aliphatic rings. The highest BCUT2D eigenvalue weighted by molar-refractivity contribution is 5.89. The van der Waals surface area contributed by atoms with E-state index in [0.29, 0.717) is 24.4 Å². The van der Waals surface area contributed by atoms with Gasteiger partial charge >= 0.3 is 0 Å². The number of nitrogens with one attached hydrogen (secondary N) is 1. The third-order valence-electron chi connectivity index (χ3n) is 5.09. The molecular weight excluding hydrogens is 400 g/mol. The molecule has 0 aliphatic carbocycles. The Hall–Kier alpha value is -3.46. The van der Waals surface area contributed by atoms with E-state index in [9.17, 15) is 9.90 Å². The van der Waals surface area contributed by atoms with Gasteiger partial charge in [0.05, 0.1) is 19.7 Å². The average Bonchev–Trinajstić information content (AvgIpc) is 2.76. The molecule has 0 saturated heterocycles. The SMILES string of the molecule is COc1cc2nc(N(C)Cc3cccc(N(C)CCCO)c3)[nH]c(=O)c2c(O)c1OC. The number of aliphatic hydroxyl groups excluding tert-OH is 1. The lowest BCUT2D eigenvalue weighted by Crippen LogP contribution is -2.23. The van der Waals surface area contributed by atoms with Gasteiger partial charge in [-0.3, -0.25) is 9.78 Å². The zero-order chi connectivity index (χ0) is 22.5. The van der Waals surface area contributed by atoms with Gasteiger partial charge in [0, 0.05) is 45.5 Å². The Morgan fingerprint density at radius 2 is 1.90 bits per heavy atom. The van der Waals surface area contributed by atoms with Gasteiger partial charge in [0.25, 0.3) is 5.56 Å². The molecule has 0 amide bonds. The van der Waals surface area contributed by atoms with Crippen molar-refractivity contribution in [2.75, 3.05) is 51.3 Å². The molecular formula is C22H28N4O5. The molecule has 9 heteroatoms. The van der Waals surface area contributed by atoms with E-state index < -0.39 is 5.56 Å². The maximum absolute atomic E-state index is 12.7. The number of hydrogen-bond donors (Lipinski definition) is 3. The van der Waals surface area contributed by atoms with Gasteiger partial charge in [-0.05, 0) is 24.1 Å². The molecule has 3 rings (SSSR count). The number of aromatic nitrogens is 2. The van der Waals surface area contributed by atoms with Crippen molar-refractivity contribution >= 4 is 22.5 Å². The summed E-state index contributed by atoms with van der Waals surface area (Å²) in [6.07, 6.45) is 0.698. The molecule has 0 atom stereocenters. The number of phenols is 1. The molecule has 0 bridgehead atoms. The van der Waals surface area contributed by atoms with Crippen molar-refractivity contribution in [2.24, 2.45) is 0 Å². The van der Waals surface area contributed by atoms with Crippen LogP contribution in [0.4, 0.5) is 11.6 Å². The lowest BCUT2D eigenvalue weighted by atomic mass is 10.1. The molecule has 0 saturated carbocycles. The lowest BCUT2D eigenvalue weighted by Gasteiger charge is -2.22. The van der Waals surface area contributed by atoms with E-state index in [2.05, 4.69) is 20.9 Å². The number of anilines is 2. The molecule has 166 valence electrons. The number of aromatic amines is 1. The molecule has 9 nitrogen and oxygen atoms in total. The molecule has 0 fully saturated rings.